The molecule has 0 amide bonds. The Morgan fingerprint density at radius 3 is 1.93 bits per heavy atom. The predicted molar refractivity (Wildman–Crippen MR) is 66.8 cm³/mol. The first-order valence-electron chi connectivity index (χ1n) is 6.58. The topological polar surface area (TPSA) is 29.3 Å². The first-order chi connectivity index (χ1) is 7.13. The van der Waals surface area contributed by atoms with Crippen molar-refractivity contribution in [2.45, 2.75) is 46.6 Å². The van der Waals surface area contributed by atoms with Crippen molar-refractivity contribution in [1.82, 2.24) is 4.90 Å². The van der Waals surface area contributed by atoms with E-state index in [0.717, 1.165) is 24.3 Å². The van der Waals surface area contributed by atoms with Crippen LogP contribution >= 0.6 is 0 Å². The average molecular weight is 212 g/mol. The summed E-state index contributed by atoms with van der Waals surface area (Å²) < 4.78 is 0. The van der Waals surface area contributed by atoms with Crippen LogP contribution in [0.5, 0.6) is 0 Å². The van der Waals surface area contributed by atoms with Crippen LogP contribution in [0, 0.1) is 17.8 Å². The first kappa shape index (κ1) is 13.0. The highest BCUT2D eigenvalue weighted by molar-refractivity contribution is 4.87. The van der Waals surface area contributed by atoms with Gasteiger partial charge in [-0.15, -0.1) is 0 Å². The molecule has 0 aromatic heterocycles. The molecule has 1 aliphatic heterocycles. The van der Waals surface area contributed by atoms with E-state index in [1.807, 2.05) is 0 Å². The minimum Gasteiger partial charge on any atom is -0.329 e. The summed E-state index contributed by atoms with van der Waals surface area (Å²) in [6, 6.07) is 0.618. The Balaban J connectivity index is 2.59. The molecule has 0 saturated carbocycles. The number of rotatable bonds is 5. The lowest BCUT2D eigenvalue weighted by Gasteiger charge is -2.33. The molecule has 2 heteroatoms. The fourth-order valence-corrected chi connectivity index (χ4v) is 2.92. The van der Waals surface area contributed by atoms with E-state index < -0.39 is 0 Å². The van der Waals surface area contributed by atoms with E-state index in [-0.39, 0.29) is 0 Å². The van der Waals surface area contributed by atoms with Crippen molar-refractivity contribution in [2.24, 2.45) is 23.5 Å². The molecule has 0 spiro atoms. The zero-order valence-corrected chi connectivity index (χ0v) is 10.9. The van der Waals surface area contributed by atoms with Gasteiger partial charge in [0.1, 0.15) is 0 Å². The van der Waals surface area contributed by atoms with E-state index in [1.54, 1.807) is 0 Å². The van der Waals surface area contributed by atoms with Gasteiger partial charge in [-0.3, -0.25) is 4.90 Å². The molecule has 90 valence electrons. The molecule has 1 aliphatic rings. The Kier molecular flexibility index (Phi) is 5.07. The lowest BCUT2D eigenvalue weighted by molar-refractivity contribution is 0.164. The Morgan fingerprint density at radius 2 is 1.60 bits per heavy atom. The van der Waals surface area contributed by atoms with Gasteiger partial charge in [-0.2, -0.15) is 0 Å². The minimum atomic E-state index is 0.618. The van der Waals surface area contributed by atoms with Crippen molar-refractivity contribution < 1.29 is 0 Å². The molecule has 0 radical (unpaired) electrons. The van der Waals surface area contributed by atoms with Crippen LogP contribution in [0.4, 0.5) is 0 Å². The molecule has 2 N–H and O–H groups in total. The highest BCUT2D eigenvalue weighted by atomic mass is 15.2. The molecule has 3 atom stereocenters. The second-order valence-electron chi connectivity index (χ2n) is 5.29. The van der Waals surface area contributed by atoms with Gasteiger partial charge in [-0.1, -0.05) is 40.5 Å². The first-order valence-corrected chi connectivity index (χ1v) is 6.58. The third-order valence-electron chi connectivity index (χ3n) is 4.32. The molecule has 3 unspecified atom stereocenters. The average Bonchev–Trinajstić information content (AvgIpc) is 2.55. The lowest BCUT2D eigenvalue weighted by Crippen LogP contribution is -2.44. The standard InChI is InChI=1S/C13H28N2/c1-5-12(6-2)13(7-14)15-8-10(3)11(4)9-15/h10-13H,5-9,14H2,1-4H3. The van der Waals surface area contributed by atoms with E-state index in [9.17, 15) is 0 Å². The van der Waals surface area contributed by atoms with E-state index >= 15 is 0 Å². The maximum absolute atomic E-state index is 5.95. The summed E-state index contributed by atoms with van der Waals surface area (Å²) in [5.41, 5.74) is 5.95. The Labute approximate surface area is 95.2 Å². The number of hydrogen-bond acceptors (Lipinski definition) is 2. The summed E-state index contributed by atoms with van der Waals surface area (Å²) in [5.74, 6) is 2.47. The monoisotopic (exact) mass is 212 g/mol. The van der Waals surface area contributed by atoms with Crippen LogP contribution in [0.3, 0.4) is 0 Å². The van der Waals surface area contributed by atoms with Crippen molar-refractivity contribution in [3.8, 4) is 0 Å². The summed E-state index contributed by atoms with van der Waals surface area (Å²) >= 11 is 0. The van der Waals surface area contributed by atoms with Gasteiger partial charge in [0.25, 0.3) is 0 Å². The molecule has 0 aliphatic carbocycles. The SMILES string of the molecule is CCC(CC)C(CN)N1CC(C)C(C)C1. The van der Waals surface area contributed by atoms with Crippen LogP contribution < -0.4 is 5.73 Å². The summed E-state index contributed by atoms with van der Waals surface area (Å²) in [6.45, 7) is 12.6. The van der Waals surface area contributed by atoms with Crippen LogP contribution in [0.15, 0.2) is 0 Å². The Bertz CT molecular complexity index is 167. The molecule has 1 saturated heterocycles. The van der Waals surface area contributed by atoms with E-state index in [2.05, 4.69) is 32.6 Å². The van der Waals surface area contributed by atoms with Gasteiger partial charge in [0.05, 0.1) is 0 Å². The van der Waals surface area contributed by atoms with Crippen LogP contribution in [-0.2, 0) is 0 Å². The number of nitrogens with two attached hydrogens (primary N) is 1. The summed E-state index contributed by atoms with van der Waals surface area (Å²) in [4.78, 5) is 2.63. The molecule has 1 fully saturated rings. The van der Waals surface area contributed by atoms with Gasteiger partial charge in [0.15, 0.2) is 0 Å². The summed E-state index contributed by atoms with van der Waals surface area (Å²) in [7, 11) is 0. The second kappa shape index (κ2) is 5.86. The van der Waals surface area contributed by atoms with Crippen LogP contribution in [0.1, 0.15) is 40.5 Å². The van der Waals surface area contributed by atoms with E-state index in [0.29, 0.717) is 6.04 Å². The molecular weight excluding hydrogens is 184 g/mol. The quantitative estimate of drug-likeness (QED) is 0.758. The van der Waals surface area contributed by atoms with Crippen molar-refractivity contribution in [2.75, 3.05) is 19.6 Å². The van der Waals surface area contributed by atoms with Gasteiger partial charge in [0.2, 0.25) is 0 Å². The van der Waals surface area contributed by atoms with Crippen LogP contribution in [-0.4, -0.2) is 30.6 Å². The maximum atomic E-state index is 5.95. The van der Waals surface area contributed by atoms with Crippen molar-refractivity contribution >= 4 is 0 Å². The molecule has 15 heavy (non-hydrogen) atoms. The van der Waals surface area contributed by atoms with Gasteiger partial charge in [0, 0.05) is 25.7 Å². The highest BCUT2D eigenvalue weighted by Crippen LogP contribution is 2.28. The predicted octanol–water partition coefficient (Wildman–Crippen LogP) is 2.34. The van der Waals surface area contributed by atoms with Crippen LogP contribution in [0.25, 0.3) is 0 Å². The number of nitrogens with zero attached hydrogens (tertiary/aromatic N) is 1. The van der Waals surface area contributed by atoms with E-state index in [4.69, 9.17) is 5.73 Å². The van der Waals surface area contributed by atoms with Crippen molar-refractivity contribution in [3.63, 3.8) is 0 Å². The zero-order chi connectivity index (χ0) is 11.4. The van der Waals surface area contributed by atoms with Gasteiger partial charge in [-0.05, 0) is 17.8 Å². The minimum absolute atomic E-state index is 0.618. The fourth-order valence-electron chi connectivity index (χ4n) is 2.92. The third-order valence-corrected chi connectivity index (χ3v) is 4.32. The second-order valence-corrected chi connectivity index (χ2v) is 5.29. The molecule has 1 rings (SSSR count). The Hall–Kier alpha value is -0.0800. The normalized spacial score (nSPS) is 30.0. The van der Waals surface area contributed by atoms with Crippen molar-refractivity contribution in [3.05, 3.63) is 0 Å². The fraction of sp³-hybridized carbons (Fsp3) is 1.00. The molecule has 1 heterocycles. The molecule has 0 aromatic carbocycles. The lowest BCUT2D eigenvalue weighted by atomic mass is 9.93. The van der Waals surface area contributed by atoms with Gasteiger partial charge >= 0.3 is 0 Å². The van der Waals surface area contributed by atoms with E-state index in [1.165, 1.54) is 25.9 Å². The number of likely N-dealkylation sites (tertiary alicyclic amines) is 1. The maximum Gasteiger partial charge on any atom is 0.0246 e. The smallest absolute Gasteiger partial charge is 0.0246 e. The number of hydrogen-bond donors (Lipinski definition) is 1. The molecular formula is C13H28N2. The summed E-state index contributed by atoms with van der Waals surface area (Å²) in [6.07, 6.45) is 2.52. The van der Waals surface area contributed by atoms with Gasteiger partial charge in [-0.25, -0.2) is 0 Å². The largest absolute Gasteiger partial charge is 0.329 e. The van der Waals surface area contributed by atoms with Crippen LogP contribution in [0.2, 0.25) is 0 Å². The molecule has 2 nitrogen and oxygen atoms in total. The highest BCUT2D eigenvalue weighted by Gasteiger charge is 2.32. The van der Waals surface area contributed by atoms with Crippen molar-refractivity contribution in [1.29, 1.82) is 0 Å². The Morgan fingerprint density at radius 1 is 1.13 bits per heavy atom. The molecule has 0 bridgehead atoms. The third kappa shape index (κ3) is 2.94. The van der Waals surface area contributed by atoms with Gasteiger partial charge < -0.3 is 5.73 Å². The molecule has 0 aromatic rings. The zero-order valence-electron chi connectivity index (χ0n) is 10.9. The summed E-state index contributed by atoms with van der Waals surface area (Å²) in [5, 5.41) is 0.